The number of benzene rings is 14. The molecule has 14 aromatic carbocycles. The molecule has 0 N–H and O–H groups in total. The molecule has 0 spiro atoms. The van der Waals surface area contributed by atoms with Crippen molar-refractivity contribution in [1.82, 2.24) is 34.5 Å². The van der Waals surface area contributed by atoms with Crippen LogP contribution < -0.4 is 0 Å². The predicted octanol–water partition coefficient (Wildman–Crippen LogP) is 21.7. The number of nitrogens with zero attached hydrogens (tertiary/aromatic N) is 7. The highest BCUT2D eigenvalue weighted by Gasteiger charge is 2.21. The first kappa shape index (κ1) is 59.1. The topological polar surface area (TPSA) is 82.3 Å². The van der Waals surface area contributed by atoms with Crippen LogP contribution in [0.5, 0.6) is 0 Å². The second-order valence-electron chi connectivity index (χ2n) is 22.6. The minimum absolute atomic E-state index is 0. The SMILES string of the molecule is Brc1ccc(-c2nc(-c3ccccc3)nc(-c3ccc4ccccc4c3)n2)c2ccccc12.C.[B].c1ccc(-c2nc(-c3ccc4ccccc4c3)nc(-c3ccc(-n4c5ccccc5c5ccccc54)c4ccccc34)n2)cc1.c1ccc2c(c1)Cc1ccccc1-2. The van der Waals surface area contributed by atoms with Gasteiger partial charge in [0.2, 0.25) is 0 Å². The maximum absolute atomic E-state index is 5.12. The molecule has 0 unspecified atom stereocenters. The molecule has 3 aromatic heterocycles. The molecule has 9 heteroatoms. The molecule has 17 aromatic rings. The molecule has 0 amide bonds. The second-order valence-corrected chi connectivity index (χ2v) is 23.5. The summed E-state index contributed by atoms with van der Waals surface area (Å²) in [6.45, 7) is 0. The Bertz CT molecular complexity index is 5520. The monoisotopic (exact) mass is 1250 g/mol. The van der Waals surface area contributed by atoms with Gasteiger partial charge in [0.15, 0.2) is 34.9 Å². The standard InChI is InChI=1S/C41H26N4.C29H18BrN3.C13H10.CH4.B/c1-2-13-28(14-3-1)39-42-40(30-23-22-27-12-4-5-15-29(27)26-30)44-41(43-39)35-24-25-38(32-17-7-6-16-31(32)35)45-36-20-10-8-18-33(36)34-19-9-11-21-37(34)45;30-26-17-16-25(23-12-6-7-13-24(23)26)29-32-27(20-9-2-1-3-10-20)31-28(33-29)22-15-14-19-8-4-5-11-21(19)18-22;1-3-7-12-10(5-1)9-11-6-2-4-8-13(11)12;;/h1-26H;1-18H;1-8H,9H2;1H4;. The summed E-state index contributed by atoms with van der Waals surface area (Å²) in [6, 6.07) is 110. The number of halogens is 1. The lowest BCUT2D eigenvalue weighted by Gasteiger charge is -2.15. The second kappa shape index (κ2) is 25.8. The fourth-order valence-electron chi connectivity index (χ4n) is 12.7. The van der Waals surface area contributed by atoms with E-state index in [1.54, 1.807) is 0 Å². The summed E-state index contributed by atoms with van der Waals surface area (Å²) in [6.07, 6.45) is 1.10. The van der Waals surface area contributed by atoms with E-state index in [2.05, 4.69) is 257 Å². The Labute approximate surface area is 550 Å². The summed E-state index contributed by atoms with van der Waals surface area (Å²) in [5.41, 5.74) is 15.0. The highest BCUT2D eigenvalue weighted by atomic mass is 79.9. The molecular weight excluding hydrogens is 1200 g/mol. The Morgan fingerprint density at radius 2 is 0.613 bits per heavy atom. The van der Waals surface area contributed by atoms with Crippen molar-refractivity contribution in [3.63, 3.8) is 0 Å². The van der Waals surface area contributed by atoms with Gasteiger partial charge in [-0.25, -0.2) is 29.9 Å². The van der Waals surface area contributed by atoms with Crippen LogP contribution in [0.2, 0.25) is 0 Å². The number of para-hydroxylation sites is 2. The first-order chi connectivity index (χ1) is 45.0. The molecule has 0 aliphatic heterocycles. The molecule has 0 fully saturated rings. The van der Waals surface area contributed by atoms with E-state index in [4.69, 9.17) is 29.9 Å². The normalized spacial score (nSPS) is 11.3. The fraction of sp³-hybridized carbons (Fsp3) is 0.0238. The van der Waals surface area contributed by atoms with E-state index in [1.165, 1.54) is 54.8 Å². The fourth-order valence-corrected chi connectivity index (χ4v) is 13.2. The molecule has 439 valence electrons. The van der Waals surface area contributed by atoms with Crippen LogP contribution in [-0.4, -0.2) is 42.9 Å². The van der Waals surface area contributed by atoms with Crippen molar-refractivity contribution in [1.29, 1.82) is 0 Å². The third-order valence-electron chi connectivity index (χ3n) is 17.1. The number of hydrogen-bond donors (Lipinski definition) is 0. The minimum Gasteiger partial charge on any atom is -0.309 e. The first-order valence-electron chi connectivity index (χ1n) is 30.5. The average molecular weight is 1260 g/mol. The molecule has 93 heavy (non-hydrogen) atoms. The Morgan fingerprint density at radius 3 is 1.11 bits per heavy atom. The zero-order chi connectivity index (χ0) is 60.6. The summed E-state index contributed by atoms with van der Waals surface area (Å²) in [5, 5.41) is 11.6. The van der Waals surface area contributed by atoms with E-state index in [9.17, 15) is 0 Å². The smallest absolute Gasteiger partial charge is 0.164 e. The van der Waals surface area contributed by atoms with Gasteiger partial charge in [-0.2, -0.15) is 0 Å². The van der Waals surface area contributed by atoms with Gasteiger partial charge in [-0.1, -0.05) is 290 Å². The zero-order valence-electron chi connectivity index (χ0n) is 49.8. The highest BCUT2D eigenvalue weighted by molar-refractivity contribution is 9.10. The molecule has 0 saturated carbocycles. The molecule has 0 bridgehead atoms. The molecule has 0 atom stereocenters. The van der Waals surface area contributed by atoms with Crippen LogP contribution >= 0.6 is 15.9 Å². The Kier molecular flexibility index (Phi) is 16.4. The van der Waals surface area contributed by atoms with Crippen molar-refractivity contribution in [2.75, 3.05) is 0 Å². The van der Waals surface area contributed by atoms with Crippen LogP contribution in [0, 0.1) is 0 Å². The summed E-state index contributed by atoms with van der Waals surface area (Å²) in [7, 11) is 0. The number of rotatable bonds is 7. The molecule has 0 saturated heterocycles. The highest BCUT2D eigenvalue weighted by Crippen LogP contribution is 2.40. The Morgan fingerprint density at radius 1 is 0.258 bits per heavy atom. The minimum atomic E-state index is 0. The molecular formula is C84H58BBrN7. The molecule has 3 radical (unpaired) electrons. The van der Waals surface area contributed by atoms with Crippen molar-refractivity contribution in [3.8, 4) is 85.1 Å². The van der Waals surface area contributed by atoms with E-state index in [0.29, 0.717) is 34.9 Å². The van der Waals surface area contributed by atoms with E-state index in [1.807, 2.05) is 78.9 Å². The van der Waals surface area contributed by atoms with Crippen molar-refractivity contribution in [2.45, 2.75) is 13.8 Å². The van der Waals surface area contributed by atoms with E-state index >= 15 is 0 Å². The van der Waals surface area contributed by atoms with Crippen molar-refractivity contribution >= 4 is 89.2 Å². The maximum Gasteiger partial charge on any atom is 0.164 e. The number of fused-ring (bicyclic) bond motifs is 10. The zero-order valence-corrected chi connectivity index (χ0v) is 51.4. The molecule has 3 heterocycles. The van der Waals surface area contributed by atoms with Gasteiger partial charge in [0.05, 0.1) is 16.7 Å². The van der Waals surface area contributed by atoms with Crippen LogP contribution in [0.1, 0.15) is 18.6 Å². The van der Waals surface area contributed by atoms with Gasteiger partial charge in [0.1, 0.15) is 0 Å². The van der Waals surface area contributed by atoms with Gasteiger partial charge in [0.25, 0.3) is 0 Å². The quantitative estimate of drug-likeness (QED) is 0.148. The summed E-state index contributed by atoms with van der Waals surface area (Å²) < 4.78 is 3.43. The lowest BCUT2D eigenvalue weighted by Crippen LogP contribution is -2.01. The lowest BCUT2D eigenvalue weighted by molar-refractivity contribution is 1.08. The summed E-state index contributed by atoms with van der Waals surface area (Å²) in [5.74, 6) is 3.94. The van der Waals surface area contributed by atoms with Gasteiger partial charge in [-0.3, -0.25) is 0 Å². The van der Waals surface area contributed by atoms with Gasteiger partial charge in [0, 0.05) is 62.4 Å². The number of aromatic nitrogens is 7. The van der Waals surface area contributed by atoms with Crippen LogP contribution in [0.3, 0.4) is 0 Å². The first-order valence-corrected chi connectivity index (χ1v) is 31.3. The molecule has 7 nitrogen and oxygen atoms in total. The average Bonchev–Trinajstić information content (AvgIpc) is 1.70. The predicted molar refractivity (Wildman–Crippen MR) is 392 cm³/mol. The Balaban J connectivity index is 0.000000136. The van der Waals surface area contributed by atoms with Crippen molar-refractivity contribution < 1.29 is 0 Å². The largest absolute Gasteiger partial charge is 0.309 e. The van der Waals surface area contributed by atoms with E-state index in [0.717, 1.165) is 82.3 Å². The molecule has 1 aliphatic carbocycles. The van der Waals surface area contributed by atoms with E-state index in [-0.39, 0.29) is 15.8 Å². The van der Waals surface area contributed by atoms with Gasteiger partial charge in [-0.15, -0.1) is 0 Å². The van der Waals surface area contributed by atoms with Crippen LogP contribution in [0.25, 0.3) is 150 Å². The molecule has 18 rings (SSSR count). The van der Waals surface area contributed by atoms with Gasteiger partial charge >= 0.3 is 0 Å². The third-order valence-corrected chi connectivity index (χ3v) is 17.8. The summed E-state index contributed by atoms with van der Waals surface area (Å²) >= 11 is 3.68. The van der Waals surface area contributed by atoms with Crippen molar-refractivity contribution in [3.05, 3.63) is 331 Å². The molecule has 1 aliphatic rings. The van der Waals surface area contributed by atoms with Crippen LogP contribution in [0.4, 0.5) is 0 Å². The lowest BCUT2D eigenvalue weighted by atomic mass is 10.0. The van der Waals surface area contributed by atoms with Crippen LogP contribution in [0.15, 0.2) is 320 Å². The van der Waals surface area contributed by atoms with Gasteiger partial charge < -0.3 is 4.57 Å². The third kappa shape index (κ3) is 11.4. The Hall–Kier alpha value is -11.5. The van der Waals surface area contributed by atoms with Crippen molar-refractivity contribution in [2.24, 2.45) is 0 Å². The van der Waals surface area contributed by atoms with E-state index < -0.39 is 0 Å². The van der Waals surface area contributed by atoms with Crippen LogP contribution in [-0.2, 0) is 6.42 Å². The summed E-state index contributed by atoms with van der Waals surface area (Å²) in [4.78, 5) is 29.9. The number of hydrogen-bond acceptors (Lipinski definition) is 6. The van der Waals surface area contributed by atoms with Gasteiger partial charge in [-0.05, 0) is 115 Å². The maximum atomic E-state index is 5.12.